The molecular weight excluding hydrogens is 416 g/mol. The first kappa shape index (κ1) is 21.7. The minimum absolute atomic E-state index is 0.193. The highest BCUT2D eigenvalue weighted by molar-refractivity contribution is 5.95. The predicted octanol–water partition coefficient (Wildman–Crippen LogP) is 3.20. The third-order valence-electron chi connectivity index (χ3n) is 6.91. The Kier molecular flexibility index (Phi) is 6.15. The topological polar surface area (TPSA) is 79.9 Å². The molecule has 1 amide bonds. The Balaban J connectivity index is 1.40. The van der Waals surface area contributed by atoms with Gasteiger partial charge >= 0.3 is 5.97 Å². The molecule has 1 atom stereocenters. The minimum Gasteiger partial charge on any atom is -0.480 e. The van der Waals surface area contributed by atoms with Gasteiger partial charge in [-0.25, -0.2) is 0 Å². The molecule has 7 nitrogen and oxygen atoms in total. The maximum Gasteiger partial charge on any atom is 0.325 e. The average molecular weight is 447 g/mol. The van der Waals surface area contributed by atoms with Gasteiger partial charge in [0, 0.05) is 55.7 Å². The molecule has 0 spiro atoms. The van der Waals surface area contributed by atoms with E-state index < -0.39 is 12.0 Å². The third-order valence-corrected chi connectivity index (χ3v) is 6.91. The highest BCUT2D eigenvalue weighted by atomic mass is 16.4. The molecule has 2 aromatic carbocycles. The van der Waals surface area contributed by atoms with Crippen molar-refractivity contribution in [3.63, 3.8) is 0 Å². The number of carbonyl (C=O) groups is 2. The maximum atomic E-state index is 12.6. The van der Waals surface area contributed by atoms with Crippen molar-refractivity contribution in [3.05, 3.63) is 60.2 Å². The summed E-state index contributed by atoms with van der Waals surface area (Å²) in [4.78, 5) is 34.8. The first-order valence-electron chi connectivity index (χ1n) is 11.7. The van der Waals surface area contributed by atoms with Crippen LogP contribution in [-0.2, 0) is 9.59 Å². The second kappa shape index (κ2) is 9.37. The van der Waals surface area contributed by atoms with Crippen LogP contribution in [0, 0.1) is 0 Å². The van der Waals surface area contributed by atoms with Gasteiger partial charge in [-0.3, -0.25) is 19.4 Å². The molecule has 2 aliphatic heterocycles. The van der Waals surface area contributed by atoms with Gasteiger partial charge in [-0.05, 0) is 24.5 Å². The molecule has 0 radical (unpaired) electrons. The quantitative estimate of drug-likeness (QED) is 0.608. The first-order chi connectivity index (χ1) is 16.1. The number of carboxylic acid groups (broad SMARTS) is 1. The van der Waals surface area contributed by atoms with Crippen molar-refractivity contribution in [3.8, 4) is 11.3 Å². The Labute approximate surface area is 193 Å². The van der Waals surface area contributed by atoms with E-state index in [9.17, 15) is 14.7 Å². The van der Waals surface area contributed by atoms with Gasteiger partial charge in [0.2, 0.25) is 5.91 Å². The van der Waals surface area contributed by atoms with E-state index in [-0.39, 0.29) is 5.91 Å². The summed E-state index contributed by atoms with van der Waals surface area (Å²) in [6, 6.07) is 17.1. The Bertz CT molecular complexity index is 1130. The van der Waals surface area contributed by atoms with Crippen LogP contribution in [0.2, 0.25) is 0 Å². The summed E-state index contributed by atoms with van der Waals surface area (Å²) >= 11 is 0. The third kappa shape index (κ3) is 4.38. The van der Waals surface area contributed by atoms with E-state index in [1.165, 1.54) is 0 Å². The van der Waals surface area contributed by atoms with E-state index in [0.717, 1.165) is 53.7 Å². The lowest BCUT2D eigenvalue weighted by Crippen LogP contribution is -2.51. The molecule has 2 aliphatic rings. The van der Waals surface area contributed by atoms with Crippen LogP contribution in [0.4, 0.5) is 0 Å². The fourth-order valence-corrected chi connectivity index (χ4v) is 5.18. The van der Waals surface area contributed by atoms with Crippen LogP contribution in [0.15, 0.2) is 54.6 Å². The lowest BCUT2D eigenvalue weighted by atomic mass is 9.97. The van der Waals surface area contributed by atoms with Crippen molar-refractivity contribution in [2.45, 2.75) is 18.9 Å². The lowest BCUT2D eigenvalue weighted by Gasteiger charge is -2.38. The number of nitrogens with zero attached hydrogens (tertiary/aromatic N) is 3. The van der Waals surface area contributed by atoms with Crippen molar-refractivity contribution >= 4 is 22.8 Å². The molecular formula is C26H30N4O3. The van der Waals surface area contributed by atoms with Gasteiger partial charge in [-0.15, -0.1) is 0 Å². The normalized spacial score (nSPS) is 18.6. The molecule has 7 heteroatoms. The predicted molar refractivity (Wildman–Crippen MR) is 128 cm³/mol. The summed E-state index contributed by atoms with van der Waals surface area (Å²) in [7, 11) is 0. The summed E-state index contributed by atoms with van der Waals surface area (Å²) < 4.78 is 0. The fraction of sp³-hybridized carbons (Fsp3) is 0.385. The summed E-state index contributed by atoms with van der Waals surface area (Å²) in [6.07, 6.45) is 2.18. The van der Waals surface area contributed by atoms with E-state index in [0.29, 0.717) is 32.7 Å². The van der Waals surface area contributed by atoms with Crippen LogP contribution in [0.5, 0.6) is 0 Å². The van der Waals surface area contributed by atoms with Crippen molar-refractivity contribution in [2.24, 2.45) is 0 Å². The number of aliphatic carboxylic acids is 1. The van der Waals surface area contributed by atoms with Crippen molar-refractivity contribution < 1.29 is 14.7 Å². The van der Waals surface area contributed by atoms with Gasteiger partial charge in [0.25, 0.3) is 0 Å². The number of carboxylic acids is 1. The Hall–Kier alpha value is -3.16. The van der Waals surface area contributed by atoms with Crippen LogP contribution < -0.4 is 0 Å². The van der Waals surface area contributed by atoms with Gasteiger partial charge < -0.3 is 15.0 Å². The number of piperazine rings is 1. The molecule has 2 fully saturated rings. The van der Waals surface area contributed by atoms with Crippen LogP contribution in [-0.4, -0.2) is 82.5 Å². The molecule has 1 unspecified atom stereocenters. The highest BCUT2D eigenvalue weighted by Gasteiger charge is 2.35. The molecule has 2 saturated heterocycles. The average Bonchev–Trinajstić information content (AvgIpc) is 3.50. The molecule has 5 rings (SSSR count). The number of benzene rings is 2. The molecule has 3 aromatic rings. The van der Waals surface area contributed by atoms with E-state index >= 15 is 0 Å². The van der Waals surface area contributed by atoms with Crippen molar-refractivity contribution in [1.29, 1.82) is 0 Å². The molecule has 33 heavy (non-hydrogen) atoms. The Morgan fingerprint density at radius 2 is 1.55 bits per heavy atom. The van der Waals surface area contributed by atoms with E-state index in [4.69, 9.17) is 0 Å². The van der Waals surface area contributed by atoms with Gasteiger partial charge in [-0.2, -0.15) is 0 Å². The van der Waals surface area contributed by atoms with Crippen LogP contribution in [0.1, 0.15) is 24.4 Å². The fourth-order valence-electron chi connectivity index (χ4n) is 5.18. The number of hydrogen-bond donors (Lipinski definition) is 2. The van der Waals surface area contributed by atoms with Crippen LogP contribution >= 0.6 is 0 Å². The number of rotatable bonds is 6. The SMILES string of the molecule is O=C(O)C(c1c(-c2ccccc2)[nH]c2ccccc12)N1CCN(CC(=O)N2CCCC2)CC1. The summed E-state index contributed by atoms with van der Waals surface area (Å²) in [5.41, 5.74) is 3.58. The van der Waals surface area contributed by atoms with Gasteiger partial charge in [0.05, 0.1) is 12.2 Å². The number of H-pyrrole nitrogens is 1. The summed E-state index contributed by atoms with van der Waals surface area (Å²) in [6.45, 7) is 4.74. The molecule has 0 saturated carbocycles. The lowest BCUT2D eigenvalue weighted by molar-refractivity contribution is -0.145. The maximum absolute atomic E-state index is 12.6. The molecule has 2 N–H and O–H groups in total. The van der Waals surface area contributed by atoms with E-state index in [2.05, 4.69) is 9.88 Å². The Morgan fingerprint density at radius 3 is 2.24 bits per heavy atom. The molecule has 3 heterocycles. The number of likely N-dealkylation sites (tertiary alicyclic amines) is 1. The number of para-hydroxylation sites is 1. The zero-order valence-corrected chi connectivity index (χ0v) is 18.7. The number of hydrogen-bond acceptors (Lipinski definition) is 4. The number of nitrogens with one attached hydrogen (secondary N) is 1. The molecule has 172 valence electrons. The van der Waals surface area contributed by atoms with Gasteiger partial charge in [-0.1, -0.05) is 48.5 Å². The second-order valence-corrected chi connectivity index (χ2v) is 8.97. The smallest absolute Gasteiger partial charge is 0.325 e. The highest BCUT2D eigenvalue weighted by Crippen LogP contribution is 2.37. The number of aromatic amines is 1. The van der Waals surface area contributed by atoms with Crippen LogP contribution in [0.25, 0.3) is 22.2 Å². The van der Waals surface area contributed by atoms with Crippen molar-refractivity contribution in [2.75, 3.05) is 45.8 Å². The largest absolute Gasteiger partial charge is 0.480 e. The zero-order chi connectivity index (χ0) is 22.8. The molecule has 1 aromatic heterocycles. The van der Waals surface area contributed by atoms with E-state index in [1.54, 1.807) is 0 Å². The monoisotopic (exact) mass is 446 g/mol. The number of fused-ring (bicyclic) bond motifs is 1. The number of aromatic nitrogens is 1. The number of carbonyl (C=O) groups excluding carboxylic acids is 1. The Morgan fingerprint density at radius 1 is 0.879 bits per heavy atom. The first-order valence-corrected chi connectivity index (χ1v) is 11.7. The molecule has 0 bridgehead atoms. The van der Waals surface area contributed by atoms with E-state index in [1.807, 2.05) is 64.4 Å². The van der Waals surface area contributed by atoms with Crippen molar-refractivity contribution in [1.82, 2.24) is 19.7 Å². The number of amides is 1. The standard InChI is InChI=1S/C26H30N4O3/c31-22(29-12-6-7-13-29)18-28-14-16-30(17-15-28)25(26(32)33)23-20-10-4-5-11-21(20)27-24(23)19-8-2-1-3-9-19/h1-5,8-11,25,27H,6-7,12-18H2,(H,32,33). The second-order valence-electron chi connectivity index (χ2n) is 8.97. The molecule has 0 aliphatic carbocycles. The summed E-state index contributed by atoms with van der Waals surface area (Å²) in [5, 5.41) is 11.3. The minimum atomic E-state index is -0.849. The van der Waals surface area contributed by atoms with Gasteiger partial charge in [0.15, 0.2) is 0 Å². The summed E-state index contributed by atoms with van der Waals surface area (Å²) in [5.74, 6) is -0.655. The van der Waals surface area contributed by atoms with Gasteiger partial charge in [0.1, 0.15) is 6.04 Å². The van der Waals surface area contributed by atoms with Crippen LogP contribution in [0.3, 0.4) is 0 Å². The zero-order valence-electron chi connectivity index (χ0n) is 18.7.